The lowest BCUT2D eigenvalue weighted by atomic mass is 9.74. The first-order chi connectivity index (χ1) is 20.6. The van der Waals surface area contributed by atoms with Gasteiger partial charge in [0, 0.05) is 17.4 Å². The predicted octanol–water partition coefficient (Wildman–Crippen LogP) is 6.98. The molecule has 1 aromatic heterocycles. The summed E-state index contributed by atoms with van der Waals surface area (Å²) in [6.45, 7) is 3.69. The highest BCUT2D eigenvalue weighted by atomic mass is 35.5. The van der Waals surface area contributed by atoms with Gasteiger partial charge in [-0.25, -0.2) is 9.67 Å². The average Bonchev–Trinajstić information content (AvgIpc) is 3.32. The molecule has 0 unspecified atom stereocenters. The molecule has 0 saturated heterocycles. The molecule has 3 aromatic rings. The first-order valence-electron chi connectivity index (χ1n) is 14.0. The molecule has 1 saturated carbocycles. The summed E-state index contributed by atoms with van der Waals surface area (Å²) in [5.74, 6) is -1.56. The monoisotopic (exact) mass is 649 g/mol. The van der Waals surface area contributed by atoms with Crippen LogP contribution in [0, 0.1) is 10.8 Å². The Kier molecular flexibility index (Phi) is 8.26. The van der Waals surface area contributed by atoms with Gasteiger partial charge >= 0.3 is 12.1 Å². The van der Waals surface area contributed by atoms with E-state index in [2.05, 4.69) is 10.1 Å². The Bertz CT molecular complexity index is 1590. The molecule has 2 aliphatic rings. The molecule has 1 aliphatic carbocycles. The number of esters is 1. The Morgan fingerprint density at radius 2 is 1.82 bits per heavy atom. The highest BCUT2D eigenvalue weighted by Gasteiger charge is 2.59. The van der Waals surface area contributed by atoms with Crippen molar-refractivity contribution in [2.24, 2.45) is 21.6 Å². The number of hydrogen-bond acceptors (Lipinski definition) is 6. The minimum atomic E-state index is -4.66. The molecule has 2 aromatic carbocycles. The van der Waals surface area contributed by atoms with Crippen LogP contribution in [0.4, 0.5) is 13.2 Å². The van der Waals surface area contributed by atoms with Gasteiger partial charge in [0.2, 0.25) is 0 Å². The number of carbonyl (C=O) groups excluding carboxylic acids is 2. The lowest BCUT2D eigenvalue weighted by molar-refractivity contribution is -0.218. The van der Waals surface area contributed by atoms with E-state index in [4.69, 9.17) is 33.7 Å². The van der Waals surface area contributed by atoms with Crippen molar-refractivity contribution < 1.29 is 27.5 Å². The smallest absolute Gasteiger partial charge is 0.394 e. The molecule has 13 heteroatoms. The third-order valence-corrected chi connectivity index (χ3v) is 8.98. The molecule has 5 rings (SSSR count). The SMILES string of the molecule is CC1(CC(=O)OC[C@H](c2ccc(Cl)c(-n3cccn3)c2)N2C(=O)[C@@](CC(C)(C)C(F)(F)F)(c3ccc(Cl)cc3)N=C2N)CC1. The van der Waals surface area contributed by atoms with E-state index in [1.807, 2.05) is 6.92 Å². The van der Waals surface area contributed by atoms with Crippen LogP contribution in [0.25, 0.3) is 5.69 Å². The van der Waals surface area contributed by atoms with Gasteiger partial charge in [0.15, 0.2) is 11.5 Å². The maximum atomic E-state index is 14.6. The van der Waals surface area contributed by atoms with Gasteiger partial charge in [-0.1, -0.05) is 62.2 Å². The second kappa shape index (κ2) is 11.4. The molecular weight excluding hydrogens is 618 g/mol. The molecule has 0 bridgehead atoms. The van der Waals surface area contributed by atoms with E-state index in [9.17, 15) is 22.8 Å². The van der Waals surface area contributed by atoms with Crippen molar-refractivity contribution in [3.05, 3.63) is 82.1 Å². The quantitative estimate of drug-likeness (QED) is 0.239. The number of benzene rings is 2. The molecule has 2 N–H and O–H groups in total. The molecule has 1 fully saturated rings. The van der Waals surface area contributed by atoms with Gasteiger partial charge < -0.3 is 10.5 Å². The van der Waals surface area contributed by atoms with Gasteiger partial charge in [-0.05, 0) is 66.1 Å². The minimum Gasteiger partial charge on any atom is -0.463 e. The first kappa shape index (κ1) is 31.8. The summed E-state index contributed by atoms with van der Waals surface area (Å²) in [5, 5.41) is 4.92. The fourth-order valence-electron chi connectivity index (χ4n) is 5.38. The van der Waals surface area contributed by atoms with Crippen molar-refractivity contribution in [1.29, 1.82) is 0 Å². The van der Waals surface area contributed by atoms with Crippen LogP contribution in [0.15, 0.2) is 65.9 Å². The number of guanidine groups is 1. The van der Waals surface area contributed by atoms with Crippen LogP contribution in [0.5, 0.6) is 0 Å². The zero-order valence-electron chi connectivity index (χ0n) is 24.4. The number of halogens is 5. The maximum Gasteiger partial charge on any atom is 0.394 e. The van der Waals surface area contributed by atoms with E-state index in [-0.39, 0.29) is 30.0 Å². The standard InChI is InChI=1S/C31H32Cl2F3N5O3/c1-28(2,31(34,35)36)18-30(20-6-8-21(32)9-7-20)26(43)41(27(37)39-30)24(17-44-25(42)16-29(3)11-12-29)19-5-10-22(33)23(15-19)40-14-4-13-38-40/h4-10,13-15,24H,11-12,16-18H2,1-3H3,(H2,37,39)/t24-,30-/m1/s1. The Balaban J connectivity index is 1.59. The van der Waals surface area contributed by atoms with E-state index in [0.717, 1.165) is 31.6 Å². The summed E-state index contributed by atoms with van der Waals surface area (Å²) < 4.78 is 49.9. The Hall–Kier alpha value is -3.57. The highest BCUT2D eigenvalue weighted by molar-refractivity contribution is 6.32. The zero-order valence-corrected chi connectivity index (χ0v) is 25.9. The van der Waals surface area contributed by atoms with Crippen LogP contribution in [0.2, 0.25) is 10.0 Å². The number of aliphatic imine (C=N–C) groups is 1. The van der Waals surface area contributed by atoms with E-state index in [1.165, 1.54) is 28.9 Å². The van der Waals surface area contributed by atoms with E-state index in [0.29, 0.717) is 21.3 Å². The second-order valence-electron chi connectivity index (χ2n) is 12.4. The van der Waals surface area contributed by atoms with Crippen LogP contribution >= 0.6 is 23.2 Å². The van der Waals surface area contributed by atoms with Crippen molar-refractivity contribution in [2.45, 2.75) is 64.2 Å². The van der Waals surface area contributed by atoms with Gasteiger partial charge in [-0.3, -0.25) is 14.5 Å². The first-order valence-corrected chi connectivity index (χ1v) is 14.8. The van der Waals surface area contributed by atoms with Gasteiger partial charge in [0.1, 0.15) is 6.61 Å². The summed E-state index contributed by atoms with van der Waals surface area (Å²) in [6, 6.07) is 11.5. The largest absolute Gasteiger partial charge is 0.463 e. The topological polar surface area (TPSA) is 103 Å². The number of hydrogen-bond donors (Lipinski definition) is 1. The van der Waals surface area contributed by atoms with Crippen molar-refractivity contribution in [2.75, 3.05) is 6.61 Å². The lowest BCUT2D eigenvalue weighted by Gasteiger charge is -2.37. The summed E-state index contributed by atoms with van der Waals surface area (Å²) in [7, 11) is 0. The Morgan fingerprint density at radius 1 is 1.14 bits per heavy atom. The van der Waals surface area contributed by atoms with Crippen molar-refractivity contribution in [3.63, 3.8) is 0 Å². The molecule has 2 atom stereocenters. The number of nitrogens with zero attached hydrogens (tertiary/aromatic N) is 4. The minimum absolute atomic E-state index is 0.128. The molecule has 234 valence electrons. The van der Waals surface area contributed by atoms with Crippen molar-refractivity contribution >= 4 is 41.0 Å². The Labute approximate surface area is 263 Å². The van der Waals surface area contributed by atoms with Gasteiger partial charge in [-0.15, -0.1) is 0 Å². The predicted molar refractivity (Wildman–Crippen MR) is 160 cm³/mol. The molecule has 0 radical (unpaired) electrons. The molecule has 8 nitrogen and oxygen atoms in total. The fraction of sp³-hybridized carbons (Fsp3) is 0.419. The normalized spacial score (nSPS) is 20.4. The highest BCUT2D eigenvalue weighted by Crippen LogP contribution is 2.51. The van der Waals surface area contributed by atoms with E-state index in [1.54, 1.807) is 36.7 Å². The summed E-state index contributed by atoms with van der Waals surface area (Å²) in [5.41, 5.74) is 3.05. The zero-order chi connectivity index (χ0) is 32.1. The Morgan fingerprint density at radius 3 is 2.41 bits per heavy atom. The maximum absolute atomic E-state index is 14.6. The van der Waals surface area contributed by atoms with Crippen LogP contribution < -0.4 is 5.73 Å². The van der Waals surface area contributed by atoms with Crippen LogP contribution in [-0.2, 0) is 19.9 Å². The summed E-state index contributed by atoms with van der Waals surface area (Å²) in [4.78, 5) is 33.0. The number of ether oxygens (including phenoxy) is 1. The molecular formula is C31H32Cl2F3N5O3. The number of aromatic nitrogens is 2. The van der Waals surface area contributed by atoms with Crippen LogP contribution in [0.1, 0.15) is 63.6 Å². The number of nitrogens with two attached hydrogens (primary N) is 1. The van der Waals surface area contributed by atoms with E-state index < -0.39 is 41.5 Å². The van der Waals surface area contributed by atoms with Crippen molar-refractivity contribution in [3.8, 4) is 5.69 Å². The lowest BCUT2D eigenvalue weighted by Crippen LogP contribution is -2.49. The molecule has 2 heterocycles. The molecule has 1 amide bonds. The number of alkyl halides is 3. The van der Waals surface area contributed by atoms with Crippen LogP contribution in [0.3, 0.4) is 0 Å². The number of rotatable bonds is 10. The molecule has 0 spiro atoms. The summed E-state index contributed by atoms with van der Waals surface area (Å²) >= 11 is 12.6. The van der Waals surface area contributed by atoms with Crippen molar-refractivity contribution in [1.82, 2.24) is 14.7 Å². The molecule has 44 heavy (non-hydrogen) atoms. The van der Waals surface area contributed by atoms with E-state index >= 15 is 0 Å². The number of amides is 1. The third kappa shape index (κ3) is 6.17. The molecule has 1 aliphatic heterocycles. The van der Waals surface area contributed by atoms with Gasteiger partial charge in [-0.2, -0.15) is 18.3 Å². The summed E-state index contributed by atoms with van der Waals surface area (Å²) in [6.07, 6.45) is -0.142. The number of carbonyl (C=O) groups is 2. The third-order valence-electron chi connectivity index (χ3n) is 8.41. The van der Waals surface area contributed by atoms with Gasteiger partial charge in [0.25, 0.3) is 5.91 Å². The van der Waals surface area contributed by atoms with Crippen LogP contribution in [-0.4, -0.2) is 45.3 Å². The second-order valence-corrected chi connectivity index (χ2v) is 13.3. The van der Waals surface area contributed by atoms with Gasteiger partial charge in [0.05, 0.1) is 28.6 Å². The average molecular weight is 651 g/mol. The fourth-order valence-corrected chi connectivity index (χ4v) is 5.71.